The van der Waals surface area contributed by atoms with Crippen molar-refractivity contribution in [2.24, 2.45) is 11.1 Å². The molecule has 1 heterocycles. The highest BCUT2D eigenvalue weighted by molar-refractivity contribution is 5.85. The predicted octanol–water partition coefficient (Wildman–Crippen LogP) is 3.00. The van der Waals surface area contributed by atoms with Crippen LogP contribution in [0.3, 0.4) is 0 Å². The Hall–Kier alpha value is -1.10. The van der Waals surface area contributed by atoms with E-state index in [-0.39, 0.29) is 35.8 Å². The van der Waals surface area contributed by atoms with Crippen molar-refractivity contribution < 1.29 is 4.79 Å². The third-order valence-corrected chi connectivity index (χ3v) is 5.95. The van der Waals surface area contributed by atoms with Crippen LogP contribution in [0.15, 0.2) is 24.3 Å². The molecule has 1 fully saturated rings. The van der Waals surface area contributed by atoms with Gasteiger partial charge in [-0.15, -0.1) is 12.4 Å². The quantitative estimate of drug-likeness (QED) is 0.895. The average molecular weight is 366 g/mol. The molecule has 5 heteroatoms. The average Bonchev–Trinajstić information content (AvgIpc) is 2.56. The molecule has 2 atom stereocenters. The van der Waals surface area contributed by atoms with Gasteiger partial charge in [-0.3, -0.25) is 9.69 Å². The van der Waals surface area contributed by atoms with Crippen LogP contribution in [0.4, 0.5) is 0 Å². The van der Waals surface area contributed by atoms with Crippen molar-refractivity contribution in [2.45, 2.75) is 51.6 Å². The summed E-state index contributed by atoms with van der Waals surface area (Å²) in [7, 11) is 1.97. The molecule has 0 saturated carbocycles. The normalized spacial score (nSPS) is 25.6. The first-order valence-electron chi connectivity index (χ1n) is 9.20. The number of benzene rings is 1. The van der Waals surface area contributed by atoms with Crippen LogP contribution in [0.1, 0.15) is 50.3 Å². The second-order valence-corrected chi connectivity index (χ2v) is 8.21. The Kier molecular flexibility index (Phi) is 6.52. The Balaban J connectivity index is 0.00000225. The lowest BCUT2D eigenvalue weighted by molar-refractivity contribution is -0.134. The van der Waals surface area contributed by atoms with Gasteiger partial charge in [0.1, 0.15) is 0 Å². The molecule has 1 aromatic rings. The number of halogens is 1. The monoisotopic (exact) mass is 365 g/mol. The lowest BCUT2D eigenvalue weighted by atomic mass is 9.80. The molecule has 0 bridgehead atoms. The van der Waals surface area contributed by atoms with Crippen molar-refractivity contribution >= 4 is 18.3 Å². The van der Waals surface area contributed by atoms with Crippen LogP contribution in [-0.4, -0.2) is 48.4 Å². The smallest absolute Gasteiger partial charge is 0.237 e. The van der Waals surface area contributed by atoms with Gasteiger partial charge in [0, 0.05) is 26.2 Å². The van der Waals surface area contributed by atoms with E-state index in [1.807, 2.05) is 11.9 Å². The number of carbonyl (C=O) groups is 1. The zero-order valence-corrected chi connectivity index (χ0v) is 16.5. The number of hydrogen-bond donors (Lipinski definition) is 1. The fourth-order valence-corrected chi connectivity index (χ4v) is 4.23. The number of likely N-dealkylation sites (tertiary alicyclic amines) is 1. The molecular formula is C20H32ClN3O. The zero-order valence-electron chi connectivity index (χ0n) is 15.7. The van der Waals surface area contributed by atoms with Gasteiger partial charge in [-0.05, 0) is 42.2 Å². The van der Waals surface area contributed by atoms with Gasteiger partial charge in [-0.2, -0.15) is 0 Å². The topological polar surface area (TPSA) is 49.6 Å². The second-order valence-electron chi connectivity index (χ2n) is 8.21. The molecular weight excluding hydrogens is 334 g/mol. The molecule has 0 radical (unpaired) electrons. The van der Waals surface area contributed by atoms with Crippen molar-refractivity contribution in [1.29, 1.82) is 0 Å². The first-order valence-corrected chi connectivity index (χ1v) is 9.20. The molecule has 4 nitrogen and oxygen atoms in total. The van der Waals surface area contributed by atoms with E-state index in [0.29, 0.717) is 6.54 Å². The van der Waals surface area contributed by atoms with E-state index in [9.17, 15) is 4.79 Å². The standard InChI is InChI=1S/C20H31N3O.ClH/c1-20(2)14-23(12-11-18(20)21)13-19(24)22(3)17-10-6-8-15-7-4-5-9-16(15)17;/h4-5,7,9,17-18H,6,8,10-14,21H2,1-3H3;1H. The molecule has 2 unspecified atom stereocenters. The van der Waals surface area contributed by atoms with E-state index in [0.717, 1.165) is 38.8 Å². The van der Waals surface area contributed by atoms with Gasteiger partial charge >= 0.3 is 0 Å². The van der Waals surface area contributed by atoms with E-state index < -0.39 is 0 Å². The van der Waals surface area contributed by atoms with E-state index in [4.69, 9.17) is 5.73 Å². The van der Waals surface area contributed by atoms with Crippen LogP contribution in [0.5, 0.6) is 0 Å². The number of hydrogen-bond acceptors (Lipinski definition) is 3. The van der Waals surface area contributed by atoms with Gasteiger partial charge in [0.05, 0.1) is 12.6 Å². The number of fused-ring (bicyclic) bond motifs is 1. The predicted molar refractivity (Wildman–Crippen MR) is 105 cm³/mol. The number of nitrogens with two attached hydrogens (primary N) is 1. The molecule has 1 aliphatic heterocycles. The van der Waals surface area contributed by atoms with Crippen LogP contribution in [-0.2, 0) is 11.2 Å². The number of rotatable bonds is 3. The first kappa shape index (κ1) is 20.2. The van der Waals surface area contributed by atoms with Gasteiger partial charge in [0.25, 0.3) is 0 Å². The number of carbonyl (C=O) groups excluding carboxylic acids is 1. The van der Waals surface area contributed by atoms with E-state index >= 15 is 0 Å². The Morgan fingerprint density at radius 3 is 2.76 bits per heavy atom. The van der Waals surface area contributed by atoms with Crippen molar-refractivity contribution in [3.63, 3.8) is 0 Å². The lowest BCUT2D eigenvalue weighted by Crippen LogP contribution is -2.54. The first-order chi connectivity index (χ1) is 11.4. The maximum atomic E-state index is 12.9. The van der Waals surface area contributed by atoms with Gasteiger partial charge < -0.3 is 10.6 Å². The molecule has 0 aromatic heterocycles. The molecule has 140 valence electrons. The van der Waals surface area contributed by atoms with Crippen LogP contribution in [0.2, 0.25) is 0 Å². The number of piperidine rings is 1. The molecule has 0 spiro atoms. The fourth-order valence-electron chi connectivity index (χ4n) is 4.23. The second kappa shape index (κ2) is 8.07. The fraction of sp³-hybridized carbons (Fsp3) is 0.650. The third-order valence-electron chi connectivity index (χ3n) is 5.95. The summed E-state index contributed by atoms with van der Waals surface area (Å²) < 4.78 is 0. The molecule has 1 saturated heterocycles. The summed E-state index contributed by atoms with van der Waals surface area (Å²) in [5.74, 6) is 0.225. The van der Waals surface area contributed by atoms with Crippen molar-refractivity contribution in [2.75, 3.05) is 26.7 Å². The van der Waals surface area contributed by atoms with Crippen LogP contribution < -0.4 is 5.73 Å². The summed E-state index contributed by atoms with van der Waals surface area (Å²) in [4.78, 5) is 17.1. The van der Waals surface area contributed by atoms with E-state index in [1.165, 1.54) is 11.1 Å². The van der Waals surface area contributed by atoms with Gasteiger partial charge in [0.15, 0.2) is 0 Å². The Labute approximate surface area is 158 Å². The van der Waals surface area contributed by atoms with Crippen molar-refractivity contribution in [3.05, 3.63) is 35.4 Å². The van der Waals surface area contributed by atoms with Crippen LogP contribution in [0, 0.1) is 5.41 Å². The zero-order chi connectivity index (χ0) is 17.3. The maximum Gasteiger partial charge on any atom is 0.237 e. The minimum Gasteiger partial charge on any atom is -0.338 e. The lowest BCUT2D eigenvalue weighted by Gasteiger charge is -2.43. The molecule has 3 rings (SSSR count). The summed E-state index contributed by atoms with van der Waals surface area (Å²) in [5.41, 5.74) is 9.03. The molecule has 1 aliphatic carbocycles. The Morgan fingerprint density at radius 2 is 2.04 bits per heavy atom. The summed E-state index contributed by atoms with van der Waals surface area (Å²) in [6, 6.07) is 9.03. The summed E-state index contributed by atoms with van der Waals surface area (Å²) in [5, 5.41) is 0. The summed E-state index contributed by atoms with van der Waals surface area (Å²) >= 11 is 0. The minimum absolute atomic E-state index is 0. The number of likely N-dealkylation sites (N-methyl/N-ethyl adjacent to an activating group) is 1. The highest BCUT2D eigenvalue weighted by atomic mass is 35.5. The summed E-state index contributed by atoms with van der Waals surface area (Å²) in [6.07, 6.45) is 4.32. The molecule has 1 amide bonds. The highest BCUT2D eigenvalue weighted by Crippen LogP contribution is 2.34. The van der Waals surface area contributed by atoms with Crippen LogP contribution in [0.25, 0.3) is 0 Å². The Morgan fingerprint density at radius 1 is 1.32 bits per heavy atom. The Bertz CT molecular complexity index is 604. The maximum absolute atomic E-state index is 12.9. The molecule has 1 aromatic carbocycles. The van der Waals surface area contributed by atoms with Crippen LogP contribution >= 0.6 is 12.4 Å². The molecule has 2 aliphatic rings. The largest absolute Gasteiger partial charge is 0.338 e. The number of nitrogens with zero attached hydrogens (tertiary/aromatic N) is 2. The minimum atomic E-state index is 0. The van der Waals surface area contributed by atoms with Gasteiger partial charge in [0.2, 0.25) is 5.91 Å². The van der Waals surface area contributed by atoms with Gasteiger partial charge in [-0.1, -0.05) is 38.1 Å². The van der Waals surface area contributed by atoms with Gasteiger partial charge in [-0.25, -0.2) is 0 Å². The summed E-state index contributed by atoms with van der Waals surface area (Å²) in [6.45, 7) is 6.73. The van der Waals surface area contributed by atoms with E-state index in [1.54, 1.807) is 0 Å². The molecule has 2 N–H and O–H groups in total. The van der Waals surface area contributed by atoms with E-state index in [2.05, 4.69) is 43.0 Å². The molecule has 25 heavy (non-hydrogen) atoms. The van der Waals surface area contributed by atoms with Crippen molar-refractivity contribution in [3.8, 4) is 0 Å². The highest BCUT2D eigenvalue weighted by Gasteiger charge is 2.35. The van der Waals surface area contributed by atoms with Crippen molar-refractivity contribution in [1.82, 2.24) is 9.80 Å². The SMILES string of the molecule is CN(C(=O)CN1CCC(N)C(C)(C)C1)C1CCCc2ccccc21.Cl. The number of aryl methyl sites for hydroxylation is 1. The third kappa shape index (κ3) is 4.36. The number of amides is 1.